The molecule has 1 aromatic rings. The Morgan fingerprint density at radius 1 is 1.43 bits per heavy atom. The monoisotopic (exact) mass is 332 g/mol. The zero-order valence-electron chi connectivity index (χ0n) is 12.2. The Kier molecular flexibility index (Phi) is 5.14. The number of methoxy groups -OCH3 is 1. The predicted molar refractivity (Wildman–Crippen MR) is 83.0 cm³/mol. The van der Waals surface area contributed by atoms with E-state index >= 15 is 0 Å². The molecule has 0 aromatic heterocycles. The van der Waals surface area contributed by atoms with Crippen LogP contribution in [0.5, 0.6) is 5.75 Å². The Balaban J connectivity index is 2.37. The van der Waals surface area contributed by atoms with Crippen molar-refractivity contribution < 1.29 is 13.2 Å². The van der Waals surface area contributed by atoms with Crippen molar-refractivity contribution in [2.45, 2.75) is 43.7 Å². The summed E-state index contributed by atoms with van der Waals surface area (Å²) in [5, 5.41) is 0.330. The quantitative estimate of drug-likeness (QED) is 0.866. The van der Waals surface area contributed by atoms with E-state index in [2.05, 4.69) is 11.6 Å². The summed E-state index contributed by atoms with van der Waals surface area (Å²) in [6, 6.07) is 2.99. The third-order valence-corrected chi connectivity index (χ3v) is 5.57. The van der Waals surface area contributed by atoms with Crippen molar-refractivity contribution in [2.75, 3.05) is 7.11 Å². The molecule has 3 N–H and O–H groups in total. The first-order valence-electron chi connectivity index (χ1n) is 6.96. The fourth-order valence-corrected chi connectivity index (χ4v) is 4.63. The van der Waals surface area contributed by atoms with Crippen molar-refractivity contribution >= 4 is 21.6 Å². The summed E-state index contributed by atoms with van der Waals surface area (Å²) < 4.78 is 33.2. The lowest BCUT2D eigenvalue weighted by molar-refractivity contribution is 0.397. The minimum atomic E-state index is -3.68. The van der Waals surface area contributed by atoms with E-state index in [4.69, 9.17) is 22.1 Å². The number of hydrogen-bond donors (Lipinski definition) is 2. The maximum Gasteiger partial charge on any atom is 0.244 e. The summed E-state index contributed by atoms with van der Waals surface area (Å²) in [6.45, 7) is 2.29. The van der Waals surface area contributed by atoms with Gasteiger partial charge in [0.25, 0.3) is 0 Å². The molecule has 1 saturated carbocycles. The highest BCUT2D eigenvalue weighted by molar-refractivity contribution is 7.89. The first-order valence-corrected chi connectivity index (χ1v) is 8.82. The number of hydrogen-bond acceptors (Lipinski definition) is 4. The Labute approximate surface area is 130 Å². The third-order valence-electron chi connectivity index (χ3n) is 3.83. The van der Waals surface area contributed by atoms with Crippen LogP contribution in [0.15, 0.2) is 17.0 Å². The highest BCUT2D eigenvalue weighted by Crippen LogP contribution is 2.33. The Morgan fingerprint density at radius 3 is 2.67 bits per heavy atom. The van der Waals surface area contributed by atoms with Crippen LogP contribution in [0, 0.1) is 5.92 Å². The smallest absolute Gasteiger partial charge is 0.244 e. The van der Waals surface area contributed by atoms with E-state index in [1.54, 1.807) is 6.07 Å². The van der Waals surface area contributed by atoms with Crippen LogP contribution in [0.25, 0.3) is 0 Å². The van der Waals surface area contributed by atoms with Crippen molar-refractivity contribution in [1.29, 1.82) is 0 Å². The van der Waals surface area contributed by atoms with Gasteiger partial charge in [-0.05, 0) is 37.3 Å². The van der Waals surface area contributed by atoms with Gasteiger partial charge in [0.2, 0.25) is 10.0 Å². The molecule has 0 saturated heterocycles. The first-order chi connectivity index (χ1) is 9.87. The van der Waals surface area contributed by atoms with Gasteiger partial charge in [0, 0.05) is 23.2 Å². The highest BCUT2D eigenvalue weighted by atomic mass is 35.5. The van der Waals surface area contributed by atoms with Gasteiger partial charge in [-0.25, -0.2) is 13.1 Å². The molecular formula is C14H21ClN2O3S. The van der Waals surface area contributed by atoms with Crippen LogP contribution >= 0.6 is 11.6 Å². The van der Waals surface area contributed by atoms with Crippen molar-refractivity contribution in [3.05, 3.63) is 22.7 Å². The third kappa shape index (κ3) is 3.69. The molecule has 0 aliphatic heterocycles. The molecule has 5 nitrogen and oxygen atoms in total. The van der Waals surface area contributed by atoms with Crippen LogP contribution in [0.1, 0.15) is 31.7 Å². The summed E-state index contributed by atoms with van der Waals surface area (Å²) in [5.74, 6) is 0.805. The Hall–Kier alpha value is -0.820. The van der Waals surface area contributed by atoms with E-state index in [-0.39, 0.29) is 23.2 Å². The molecule has 0 bridgehead atoms. The van der Waals surface area contributed by atoms with Crippen molar-refractivity contribution in [1.82, 2.24) is 4.72 Å². The van der Waals surface area contributed by atoms with Gasteiger partial charge in [-0.15, -0.1) is 0 Å². The van der Waals surface area contributed by atoms with Crippen molar-refractivity contribution in [3.8, 4) is 5.75 Å². The summed E-state index contributed by atoms with van der Waals surface area (Å²) in [5.41, 5.74) is 6.21. The molecule has 2 atom stereocenters. The van der Waals surface area contributed by atoms with Gasteiger partial charge in [-0.3, -0.25) is 0 Å². The average Bonchev–Trinajstić information content (AvgIpc) is 2.82. The lowest BCUT2D eigenvalue weighted by atomic mass is 10.1. The van der Waals surface area contributed by atoms with E-state index in [1.165, 1.54) is 13.2 Å². The lowest BCUT2D eigenvalue weighted by Crippen LogP contribution is -2.33. The van der Waals surface area contributed by atoms with Gasteiger partial charge in [-0.1, -0.05) is 18.5 Å². The van der Waals surface area contributed by atoms with Gasteiger partial charge in [0.1, 0.15) is 10.6 Å². The standard InChI is InChI=1S/C14H21ClN2O3S/c1-9-3-4-12(5-9)17-21(18,19)13-7-11(15)6-10(8-16)14(13)20-2/h6-7,9,12,17H,3-5,8,16H2,1-2H3. The number of halogens is 1. The molecule has 1 aromatic carbocycles. The van der Waals surface area contributed by atoms with Gasteiger partial charge in [-0.2, -0.15) is 0 Å². The second-order valence-corrected chi connectivity index (χ2v) is 7.66. The number of nitrogens with two attached hydrogens (primary N) is 1. The topological polar surface area (TPSA) is 81.4 Å². The van der Waals surface area contributed by atoms with Crippen LogP contribution < -0.4 is 15.2 Å². The van der Waals surface area contributed by atoms with Crippen LogP contribution in [0.4, 0.5) is 0 Å². The molecule has 7 heteroatoms. The summed E-state index contributed by atoms with van der Waals surface area (Å²) in [6.07, 6.45) is 2.74. The number of rotatable bonds is 5. The summed E-state index contributed by atoms with van der Waals surface area (Å²) in [4.78, 5) is 0.0532. The van der Waals surface area contributed by atoms with E-state index in [9.17, 15) is 8.42 Å². The fraction of sp³-hybridized carbons (Fsp3) is 0.571. The maximum atomic E-state index is 12.6. The Morgan fingerprint density at radius 2 is 2.14 bits per heavy atom. The molecule has 1 aliphatic rings. The van der Waals surface area contributed by atoms with E-state index < -0.39 is 10.0 Å². The fourth-order valence-electron chi connectivity index (χ4n) is 2.80. The summed E-state index contributed by atoms with van der Waals surface area (Å²) in [7, 11) is -2.25. The zero-order valence-corrected chi connectivity index (χ0v) is 13.8. The first kappa shape index (κ1) is 16.5. The normalized spacial score (nSPS) is 22.5. The molecule has 0 amide bonds. The van der Waals surface area contributed by atoms with E-state index in [0.717, 1.165) is 19.3 Å². The molecule has 0 radical (unpaired) electrons. The predicted octanol–water partition coefficient (Wildman–Crippen LogP) is 2.27. The Bertz CT molecular complexity index is 619. The van der Waals surface area contributed by atoms with Gasteiger partial charge < -0.3 is 10.5 Å². The molecule has 0 heterocycles. The SMILES string of the molecule is COc1c(CN)cc(Cl)cc1S(=O)(=O)NC1CCC(C)C1. The number of benzene rings is 1. The second-order valence-electron chi connectivity index (χ2n) is 5.54. The highest BCUT2D eigenvalue weighted by Gasteiger charge is 2.29. The minimum Gasteiger partial charge on any atom is -0.495 e. The van der Waals surface area contributed by atoms with Gasteiger partial charge >= 0.3 is 0 Å². The molecule has 21 heavy (non-hydrogen) atoms. The van der Waals surface area contributed by atoms with Gasteiger partial charge in [0.15, 0.2) is 0 Å². The number of nitrogens with one attached hydrogen (secondary N) is 1. The molecular weight excluding hydrogens is 312 g/mol. The zero-order chi connectivity index (χ0) is 15.6. The van der Waals surface area contributed by atoms with Crippen LogP contribution in [0.2, 0.25) is 5.02 Å². The van der Waals surface area contributed by atoms with E-state index in [1.807, 2.05) is 0 Å². The van der Waals surface area contributed by atoms with Crippen LogP contribution in [0.3, 0.4) is 0 Å². The molecule has 1 aliphatic carbocycles. The van der Waals surface area contributed by atoms with Crippen LogP contribution in [-0.4, -0.2) is 21.6 Å². The lowest BCUT2D eigenvalue weighted by Gasteiger charge is -2.17. The average molecular weight is 333 g/mol. The second kappa shape index (κ2) is 6.52. The minimum absolute atomic E-state index is 0.0324. The van der Waals surface area contributed by atoms with Crippen molar-refractivity contribution in [3.63, 3.8) is 0 Å². The number of ether oxygens (including phenoxy) is 1. The van der Waals surface area contributed by atoms with E-state index in [0.29, 0.717) is 16.5 Å². The maximum absolute atomic E-state index is 12.6. The largest absolute Gasteiger partial charge is 0.495 e. The molecule has 2 unspecified atom stereocenters. The molecule has 2 rings (SSSR count). The van der Waals surface area contributed by atoms with Gasteiger partial charge in [0.05, 0.1) is 7.11 Å². The van der Waals surface area contributed by atoms with Crippen LogP contribution in [-0.2, 0) is 16.6 Å². The van der Waals surface area contributed by atoms with Crippen molar-refractivity contribution in [2.24, 2.45) is 11.7 Å². The summed E-state index contributed by atoms with van der Waals surface area (Å²) >= 11 is 6.00. The molecule has 118 valence electrons. The molecule has 1 fully saturated rings. The number of sulfonamides is 1. The molecule has 0 spiro atoms.